The Morgan fingerprint density at radius 1 is 1.03 bits per heavy atom. The fourth-order valence-corrected chi connectivity index (χ4v) is 3.58. The number of ether oxygens (including phenoxy) is 1. The van der Waals surface area contributed by atoms with E-state index in [0.29, 0.717) is 22.0 Å². The summed E-state index contributed by atoms with van der Waals surface area (Å²) in [6.45, 7) is 0.267. The van der Waals surface area contributed by atoms with Crippen molar-refractivity contribution in [1.29, 1.82) is 5.26 Å². The molecular weight excluding hydrogens is 439 g/mol. The average Bonchev–Trinajstić information content (AvgIpc) is 2.83. The number of rotatable bonds is 6. The maximum absolute atomic E-state index is 13.1. The van der Waals surface area contributed by atoms with E-state index in [4.69, 9.17) is 16.3 Å². The monoisotopic (exact) mass is 456 g/mol. The van der Waals surface area contributed by atoms with Crippen LogP contribution in [0.2, 0.25) is 5.02 Å². The molecule has 0 aliphatic rings. The van der Waals surface area contributed by atoms with Crippen LogP contribution in [-0.2, 0) is 11.4 Å². The number of carbonyl (C=O) groups excluding carboxylic acids is 1. The molecule has 4 rings (SSSR count). The predicted molar refractivity (Wildman–Crippen MR) is 128 cm³/mol. The van der Waals surface area contributed by atoms with Crippen molar-refractivity contribution < 1.29 is 13.9 Å². The van der Waals surface area contributed by atoms with E-state index < -0.39 is 11.7 Å². The fraction of sp³-hybridized carbons (Fsp3) is 0.0370. The van der Waals surface area contributed by atoms with E-state index in [9.17, 15) is 14.4 Å². The number of nitrogens with one attached hydrogen (secondary N) is 1. The first-order valence-corrected chi connectivity index (χ1v) is 10.5. The summed E-state index contributed by atoms with van der Waals surface area (Å²) in [6, 6.07) is 26.0. The molecule has 0 fully saturated rings. The topological polar surface area (TPSA) is 62.1 Å². The number of amides is 1. The van der Waals surface area contributed by atoms with Gasteiger partial charge in [0.1, 0.15) is 29.8 Å². The molecule has 0 radical (unpaired) electrons. The maximum Gasteiger partial charge on any atom is 0.266 e. The third-order valence-electron chi connectivity index (χ3n) is 4.97. The molecule has 0 aliphatic heterocycles. The second-order valence-electron chi connectivity index (χ2n) is 7.25. The molecule has 0 saturated heterocycles. The second-order valence-corrected chi connectivity index (χ2v) is 7.68. The van der Waals surface area contributed by atoms with E-state index >= 15 is 0 Å². The highest BCUT2D eigenvalue weighted by Gasteiger charge is 2.14. The largest absolute Gasteiger partial charge is 0.488 e. The quantitative estimate of drug-likeness (QED) is 0.257. The van der Waals surface area contributed by atoms with Gasteiger partial charge in [0.05, 0.1) is 0 Å². The van der Waals surface area contributed by atoms with Gasteiger partial charge in [-0.25, -0.2) is 4.39 Å². The van der Waals surface area contributed by atoms with Crippen LogP contribution in [0.5, 0.6) is 5.75 Å². The highest BCUT2D eigenvalue weighted by atomic mass is 35.5. The number of hydrogen-bond donors (Lipinski definition) is 1. The smallest absolute Gasteiger partial charge is 0.266 e. The molecule has 6 heteroatoms. The number of halogens is 2. The van der Waals surface area contributed by atoms with Gasteiger partial charge >= 0.3 is 0 Å². The number of carbonyl (C=O) groups is 1. The molecule has 4 aromatic carbocycles. The molecule has 162 valence electrons. The van der Waals surface area contributed by atoms with E-state index in [0.717, 1.165) is 16.3 Å². The summed E-state index contributed by atoms with van der Waals surface area (Å²) in [5.41, 5.74) is 1.78. The minimum Gasteiger partial charge on any atom is -0.488 e. The predicted octanol–water partition coefficient (Wildman–Crippen LogP) is 6.76. The van der Waals surface area contributed by atoms with Crippen LogP contribution < -0.4 is 10.1 Å². The van der Waals surface area contributed by atoms with Crippen molar-refractivity contribution in [2.24, 2.45) is 0 Å². The third kappa shape index (κ3) is 5.38. The Morgan fingerprint density at radius 3 is 2.58 bits per heavy atom. The van der Waals surface area contributed by atoms with Crippen molar-refractivity contribution >= 4 is 40.0 Å². The zero-order chi connectivity index (χ0) is 23.2. The van der Waals surface area contributed by atoms with Gasteiger partial charge in [-0.05, 0) is 64.9 Å². The number of hydrogen-bond acceptors (Lipinski definition) is 3. The van der Waals surface area contributed by atoms with Gasteiger partial charge in [0.15, 0.2) is 0 Å². The molecule has 0 atom stereocenters. The van der Waals surface area contributed by atoms with Crippen LogP contribution in [0.25, 0.3) is 16.8 Å². The van der Waals surface area contributed by atoms with Crippen LogP contribution >= 0.6 is 11.6 Å². The summed E-state index contributed by atoms with van der Waals surface area (Å²) >= 11 is 6.07. The van der Waals surface area contributed by atoms with Crippen LogP contribution in [0.1, 0.15) is 11.1 Å². The van der Waals surface area contributed by atoms with Crippen LogP contribution in [0.15, 0.2) is 90.5 Å². The standard InChI is InChI=1S/C27H18ClFN2O2/c28-21-6-3-4-18(14-21)17-33-26-13-8-19-5-1-2-7-24(19)25(26)15-20(16-30)27(32)31-23-11-9-22(29)10-12-23/h1-15H,17H2,(H,31,32)/b20-15+. The van der Waals surface area contributed by atoms with Crippen molar-refractivity contribution in [1.82, 2.24) is 0 Å². The minimum absolute atomic E-state index is 0.108. The van der Waals surface area contributed by atoms with Gasteiger partial charge in [0.25, 0.3) is 5.91 Å². The molecule has 0 bridgehead atoms. The van der Waals surface area contributed by atoms with Gasteiger partial charge in [0.2, 0.25) is 0 Å². The average molecular weight is 457 g/mol. The molecule has 0 spiro atoms. The lowest BCUT2D eigenvalue weighted by atomic mass is 10.0. The highest BCUT2D eigenvalue weighted by molar-refractivity contribution is 6.30. The zero-order valence-electron chi connectivity index (χ0n) is 17.4. The highest BCUT2D eigenvalue weighted by Crippen LogP contribution is 2.31. The normalized spacial score (nSPS) is 11.1. The van der Waals surface area contributed by atoms with Crippen LogP contribution in [0, 0.1) is 17.1 Å². The van der Waals surface area contributed by atoms with Crippen molar-refractivity contribution in [2.45, 2.75) is 6.61 Å². The summed E-state index contributed by atoms with van der Waals surface area (Å²) in [4.78, 5) is 12.7. The van der Waals surface area contributed by atoms with Crippen molar-refractivity contribution in [2.75, 3.05) is 5.32 Å². The van der Waals surface area contributed by atoms with Gasteiger partial charge in [-0.3, -0.25) is 4.79 Å². The molecule has 0 heterocycles. The van der Waals surface area contributed by atoms with Gasteiger partial charge < -0.3 is 10.1 Å². The summed E-state index contributed by atoms with van der Waals surface area (Å²) in [7, 11) is 0. The minimum atomic E-state index is -0.599. The lowest BCUT2D eigenvalue weighted by Gasteiger charge is -2.13. The molecule has 0 aromatic heterocycles. The van der Waals surface area contributed by atoms with Crippen molar-refractivity contribution in [3.63, 3.8) is 0 Å². The number of benzene rings is 4. The maximum atomic E-state index is 13.1. The Bertz CT molecular complexity index is 1390. The molecule has 0 saturated carbocycles. The number of fused-ring (bicyclic) bond motifs is 1. The van der Waals surface area contributed by atoms with Crippen molar-refractivity contribution in [3.8, 4) is 11.8 Å². The number of anilines is 1. The van der Waals surface area contributed by atoms with Gasteiger partial charge in [-0.1, -0.05) is 54.1 Å². The van der Waals surface area contributed by atoms with E-state index in [1.165, 1.54) is 30.3 Å². The molecule has 1 amide bonds. The fourth-order valence-electron chi connectivity index (χ4n) is 3.36. The van der Waals surface area contributed by atoms with Crippen LogP contribution in [0.3, 0.4) is 0 Å². The van der Waals surface area contributed by atoms with E-state index in [-0.39, 0.29) is 12.2 Å². The van der Waals surface area contributed by atoms with Gasteiger partial charge in [-0.15, -0.1) is 0 Å². The number of nitriles is 1. The van der Waals surface area contributed by atoms with Crippen molar-refractivity contribution in [3.05, 3.63) is 112 Å². The molecule has 0 unspecified atom stereocenters. The summed E-state index contributed by atoms with van der Waals surface area (Å²) in [5.74, 6) is -0.491. The Balaban J connectivity index is 1.69. The lowest BCUT2D eigenvalue weighted by molar-refractivity contribution is -0.112. The summed E-state index contributed by atoms with van der Waals surface area (Å²) < 4.78 is 19.2. The molecule has 0 aliphatic carbocycles. The SMILES string of the molecule is N#C/C(=C\c1c(OCc2cccc(Cl)c2)ccc2ccccc12)C(=O)Nc1ccc(F)cc1. The summed E-state index contributed by atoms with van der Waals surface area (Å²) in [6.07, 6.45) is 1.51. The first kappa shape index (κ1) is 22.1. The molecule has 4 aromatic rings. The van der Waals surface area contributed by atoms with E-state index in [1.54, 1.807) is 6.07 Å². The van der Waals surface area contributed by atoms with Crippen LogP contribution in [-0.4, -0.2) is 5.91 Å². The molecule has 1 N–H and O–H groups in total. The Kier molecular flexibility index (Phi) is 6.68. The Morgan fingerprint density at radius 2 is 1.82 bits per heavy atom. The lowest BCUT2D eigenvalue weighted by Crippen LogP contribution is -2.13. The molecule has 4 nitrogen and oxygen atoms in total. The van der Waals surface area contributed by atoms with E-state index in [1.807, 2.05) is 60.7 Å². The molecular formula is C27H18ClFN2O2. The first-order chi connectivity index (χ1) is 16.0. The Hall–Kier alpha value is -4.14. The van der Waals surface area contributed by atoms with E-state index in [2.05, 4.69) is 5.32 Å². The summed E-state index contributed by atoms with van der Waals surface area (Å²) in [5, 5.41) is 14.7. The van der Waals surface area contributed by atoms with Gasteiger partial charge in [0, 0.05) is 16.3 Å². The third-order valence-corrected chi connectivity index (χ3v) is 5.20. The zero-order valence-corrected chi connectivity index (χ0v) is 18.1. The molecule has 33 heavy (non-hydrogen) atoms. The first-order valence-electron chi connectivity index (χ1n) is 10.1. The van der Waals surface area contributed by atoms with Gasteiger partial charge in [-0.2, -0.15) is 5.26 Å². The van der Waals surface area contributed by atoms with Crippen LogP contribution in [0.4, 0.5) is 10.1 Å². The number of nitrogens with zero attached hydrogens (tertiary/aromatic N) is 1. The second kappa shape index (κ2) is 9.99. The Labute approximate surface area is 195 Å².